The fourth-order valence-electron chi connectivity index (χ4n) is 1.05. The lowest BCUT2D eigenvalue weighted by atomic mass is 10.1. The van der Waals surface area contributed by atoms with Gasteiger partial charge in [-0.05, 0) is 25.3 Å². The zero-order valence-electron chi connectivity index (χ0n) is 7.43. The maximum atomic E-state index is 5.93. The first-order valence-corrected chi connectivity index (χ1v) is 4.90. The average molecular weight is 219 g/mol. The van der Waals surface area contributed by atoms with Crippen LogP contribution in [0, 0.1) is 0 Å². The minimum atomic E-state index is 0.167. The highest BCUT2D eigenvalue weighted by atomic mass is 35.5. The molecule has 1 aromatic heterocycles. The molecule has 0 aliphatic carbocycles. The molecule has 0 aliphatic rings. The third-order valence-electron chi connectivity index (χ3n) is 1.80. The van der Waals surface area contributed by atoms with Crippen LogP contribution in [0.15, 0.2) is 12.4 Å². The summed E-state index contributed by atoms with van der Waals surface area (Å²) < 4.78 is 0. The van der Waals surface area contributed by atoms with Crippen molar-refractivity contribution in [2.75, 3.05) is 0 Å². The maximum Gasteiger partial charge on any atom is 0.0636 e. The number of nitrogens with two attached hydrogens (primary N) is 1. The number of halogens is 2. The summed E-state index contributed by atoms with van der Waals surface area (Å²) in [4.78, 5) is 3.88. The van der Waals surface area contributed by atoms with E-state index in [1.165, 1.54) is 0 Å². The molecule has 4 heteroatoms. The zero-order valence-corrected chi connectivity index (χ0v) is 8.94. The Balaban J connectivity index is 2.75. The van der Waals surface area contributed by atoms with Crippen LogP contribution in [0.4, 0.5) is 0 Å². The first kappa shape index (κ1) is 10.8. The number of hydrogen-bond donors (Lipinski definition) is 1. The number of nitrogens with zero attached hydrogens (tertiary/aromatic N) is 1. The molecule has 0 bridgehead atoms. The van der Waals surface area contributed by atoms with Gasteiger partial charge in [-0.15, -0.1) is 0 Å². The molecule has 2 N–H and O–H groups in total. The Bertz CT molecular complexity index is 267. The Morgan fingerprint density at radius 3 is 2.38 bits per heavy atom. The smallest absolute Gasteiger partial charge is 0.0636 e. The molecule has 0 unspecified atom stereocenters. The van der Waals surface area contributed by atoms with E-state index in [4.69, 9.17) is 28.9 Å². The number of pyridine rings is 1. The largest absolute Gasteiger partial charge is 0.328 e. The third-order valence-corrected chi connectivity index (χ3v) is 2.45. The van der Waals surface area contributed by atoms with Crippen LogP contribution >= 0.6 is 23.2 Å². The van der Waals surface area contributed by atoms with Gasteiger partial charge >= 0.3 is 0 Å². The molecule has 0 aromatic carbocycles. The van der Waals surface area contributed by atoms with Gasteiger partial charge in [0.2, 0.25) is 0 Å². The van der Waals surface area contributed by atoms with E-state index in [2.05, 4.69) is 4.98 Å². The normalized spacial score (nSPS) is 12.9. The number of rotatable bonds is 3. The summed E-state index contributed by atoms with van der Waals surface area (Å²) in [6, 6.07) is 0.167. The van der Waals surface area contributed by atoms with Gasteiger partial charge in [0.05, 0.1) is 10.0 Å². The Morgan fingerprint density at radius 2 is 1.92 bits per heavy atom. The van der Waals surface area contributed by atoms with Crippen LogP contribution in [-0.2, 0) is 6.42 Å². The molecule has 0 aliphatic heterocycles. The summed E-state index contributed by atoms with van der Waals surface area (Å²) in [5.41, 5.74) is 6.58. The molecule has 0 fully saturated rings. The van der Waals surface area contributed by atoms with E-state index in [9.17, 15) is 0 Å². The minimum Gasteiger partial charge on any atom is -0.328 e. The predicted octanol–water partition coefficient (Wildman–Crippen LogP) is 2.67. The van der Waals surface area contributed by atoms with Gasteiger partial charge in [-0.25, -0.2) is 0 Å². The second-order valence-corrected chi connectivity index (χ2v) is 3.91. The molecule has 0 amide bonds. The van der Waals surface area contributed by atoms with Gasteiger partial charge in [0.25, 0.3) is 0 Å². The van der Waals surface area contributed by atoms with E-state index >= 15 is 0 Å². The molecule has 13 heavy (non-hydrogen) atoms. The van der Waals surface area contributed by atoms with Crippen LogP contribution in [-0.4, -0.2) is 11.0 Å². The fraction of sp³-hybridized carbons (Fsp3) is 0.444. The van der Waals surface area contributed by atoms with Crippen molar-refractivity contribution < 1.29 is 0 Å². The highest BCUT2D eigenvalue weighted by Gasteiger charge is 2.06. The second-order valence-electron chi connectivity index (χ2n) is 3.10. The standard InChI is InChI=1S/C9H12Cl2N2/c1-6(12)2-3-7-8(10)4-13-5-9(7)11/h4-6H,2-3,12H2,1H3/t6-/m0/s1. The monoisotopic (exact) mass is 218 g/mol. The van der Waals surface area contributed by atoms with Crippen LogP contribution in [0.1, 0.15) is 18.9 Å². The van der Waals surface area contributed by atoms with Crippen LogP contribution in [0.2, 0.25) is 10.0 Å². The van der Waals surface area contributed by atoms with Crippen molar-refractivity contribution in [2.45, 2.75) is 25.8 Å². The van der Waals surface area contributed by atoms with Gasteiger partial charge in [0, 0.05) is 18.4 Å². The van der Waals surface area contributed by atoms with Gasteiger partial charge in [-0.2, -0.15) is 0 Å². The SMILES string of the molecule is C[C@H](N)CCc1c(Cl)cncc1Cl. The molecule has 1 rings (SSSR count). The maximum absolute atomic E-state index is 5.93. The van der Waals surface area contributed by atoms with Crippen molar-refractivity contribution in [2.24, 2.45) is 5.73 Å². The lowest BCUT2D eigenvalue weighted by molar-refractivity contribution is 0.666. The molecule has 1 heterocycles. The quantitative estimate of drug-likeness (QED) is 0.848. The summed E-state index contributed by atoms with van der Waals surface area (Å²) in [6.07, 6.45) is 4.88. The highest BCUT2D eigenvalue weighted by Crippen LogP contribution is 2.24. The van der Waals surface area contributed by atoms with Gasteiger partial charge in [0.1, 0.15) is 0 Å². The molecule has 72 valence electrons. The van der Waals surface area contributed by atoms with Crippen LogP contribution < -0.4 is 5.73 Å². The van der Waals surface area contributed by atoms with Crippen molar-refractivity contribution in [1.82, 2.24) is 4.98 Å². The van der Waals surface area contributed by atoms with Crippen LogP contribution in [0.25, 0.3) is 0 Å². The van der Waals surface area contributed by atoms with E-state index in [-0.39, 0.29) is 6.04 Å². The molecule has 2 nitrogen and oxygen atoms in total. The minimum absolute atomic E-state index is 0.167. The fourth-order valence-corrected chi connectivity index (χ4v) is 1.60. The Labute approximate surface area is 88.1 Å². The van der Waals surface area contributed by atoms with E-state index in [1.807, 2.05) is 6.92 Å². The molecule has 0 radical (unpaired) electrons. The van der Waals surface area contributed by atoms with Crippen molar-refractivity contribution in [3.63, 3.8) is 0 Å². The summed E-state index contributed by atoms with van der Waals surface area (Å²) in [7, 11) is 0. The van der Waals surface area contributed by atoms with Crippen LogP contribution in [0.3, 0.4) is 0 Å². The Kier molecular flexibility index (Phi) is 3.97. The van der Waals surface area contributed by atoms with Gasteiger partial charge in [-0.3, -0.25) is 4.98 Å². The van der Waals surface area contributed by atoms with E-state index in [0.717, 1.165) is 18.4 Å². The average Bonchev–Trinajstić information content (AvgIpc) is 2.03. The highest BCUT2D eigenvalue weighted by molar-refractivity contribution is 6.35. The molecule has 1 aromatic rings. The molecular weight excluding hydrogens is 207 g/mol. The second kappa shape index (κ2) is 4.80. The lowest BCUT2D eigenvalue weighted by Gasteiger charge is -2.07. The third kappa shape index (κ3) is 3.14. The molecular formula is C9H12Cl2N2. The van der Waals surface area contributed by atoms with E-state index in [0.29, 0.717) is 10.0 Å². The Morgan fingerprint density at radius 1 is 1.38 bits per heavy atom. The first-order chi connectivity index (χ1) is 6.11. The summed E-state index contributed by atoms with van der Waals surface area (Å²) >= 11 is 11.9. The van der Waals surface area contributed by atoms with E-state index in [1.54, 1.807) is 12.4 Å². The molecule has 0 spiro atoms. The van der Waals surface area contributed by atoms with Crippen LogP contribution in [0.5, 0.6) is 0 Å². The van der Waals surface area contributed by atoms with Gasteiger partial charge in [-0.1, -0.05) is 23.2 Å². The molecule has 1 atom stereocenters. The summed E-state index contributed by atoms with van der Waals surface area (Å²) in [5.74, 6) is 0. The van der Waals surface area contributed by atoms with E-state index < -0.39 is 0 Å². The first-order valence-electron chi connectivity index (χ1n) is 4.14. The predicted molar refractivity (Wildman–Crippen MR) is 56.2 cm³/mol. The Hall–Kier alpha value is -0.310. The zero-order chi connectivity index (χ0) is 9.84. The summed E-state index contributed by atoms with van der Waals surface area (Å²) in [5, 5.41) is 1.24. The summed E-state index contributed by atoms with van der Waals surface area (Å²) in [6.45, 7) is 1.96. The molecule has 0 saturated heterocycles. The number of hydrogen-bond acceptors (Lipinski definition) is 2. The van der Waals surface area contributed by atoms with Gasteiger partial charge < -0.3 is 5.73 Å². The van der Waals surface area contributed by atoms with Crippen molar-refractivity contribution >= 4 is 23.2 Å². The number of aromatic nitrogens is 1. The van der Waals surface area contributed by atoms with Crippen molar-refractivity contribution in [1.29, 1.82) is 0 Å². The van der Waals surface area contributed by atoms with Crippen molar-refractivity contribution in [3.05, 3.63) is 28.0 Å². The lowest BCUT2D eigenvalue weighted by Crippen LogP contribution is -2.15. The topological polar surface area (TPSA) is 38.9 Å². The van der Waals surface area contributed by atoms with Gasteiger partial charge in [0.15, 0.2) is 0 Å². The molecule has 0 saturated carbocycles. The van der Waals surface area contributed by atoms with Crippen molar-refractivity contribution in [3.8, 4) is 0 Å².